The van der Waals surface area contributed by atoms with Gasteiger partial charge < -0.3 is 5.32 Å². The van der Waals surface area contributed by atoms with Gasteiger partial charge in [-0.15, -0.1) is 0 Å². The summed E-state index contributed by atoms with van der Waals surface area (Å²) in [5, 5.41) is 7.23. The first-order valence-electron chi connectivity index (χ1n) is 5.23. The van der Waals surface area contributed by atoms with Crippen LogP contribution in [-0.4, -0.2) is 27.6 Å². The van der Waals surface area contributed by atoms with Gasteiger partial charge in [0.25, 0.3) is 0 Å². The molecule has 15 heavy (non-hydrogen) atoms. The van der Waals surface area contributed by atoms with Gasteiger partial charge in [-0.25, -0.2) is 0 Å². The molecule has 1 aromatic rings. The minimum absolute atomic E-state index is 0.0313. The Morgan fingerprint density at radius 2 is 2.20 bits per heavy atom. The molecule has 0 saturated carbocycles. The van der Waals surface area contributed by atoms with Crippen LogP contribution in [0.5, 0.6) is 0 Å². The molecule has 0 aromatic carbocycles. The molecule has 0 amide bonds. The molecule has 84 valence electrons. The summed E-state index contributed by atoms with van der Waals surface area (Å²) in [5.74, 6) is 0.0876. The van der Waals surface area contributed by atoms with E-state index in [1.807, 2.05) is 27.7 Å². The van der Waals surface area contributed by atoms with Crippen LogP contribution in [0.3, 0.4) is 0 Å². The highest BCUT2D eigenvalue weighted by Gasteiger charge is 2.13. The molecule has 0 atom stereocenters. The first-order chi connectivity index (χ1) is 6.92. The highest BCUT2D eigenvalue weighted by molar-refractivity contribution is 5.97. The number of hydrogen-bond acceptors (Lipinski definition) is 3. The lowest BCUT2D eigenvalue weighted by molar-refractivity contribution is 0.0982. The Bertz CT molecular complexity index is 336. The minimum atomic E-state index is -0.0313. The van der Waals surface area contributed by atoms with Gasteiger partial charge in [0.1, 0.15) is 0 Å². The fourth-order valence-corrected chi connectivity index (χ4v) is 1.13. The minimum Gasteiger partial charge on any atom is -0.305 e. The fraction of sp³-hybridized carbons (Fsp3) is 0.636. The van der Waals surface area contributed by atoms with Gasteiger partial charge in [-0.2, -0.15) is 5.10 Å². The maximum atomic E-state index is 11.7. The van der Waals surface area contributed by atoms with Crippen molar-refractivity contribution in [3.8, 4) is 0 Å². The molecule has 1 N–H and O–H groups in total. The Morgan fingerprint density at radius 3 is 2.67 bits per heavy atom. The van der Waals surface area contributed by atoms with Crippen molar-refractivity contribution in [3.63, 3.8) is 0 Å². The molecule has 4 heteroatoms. The standard InChI is InChI=1S/C11H19N3O/c1-5-14-8-9(6-13-14)10(15)7-12-11(2,3)4/h6,8,12H,5,7H2,1-4H3. The Labute approximate surface area is 90.7 Å². The van der Waals surface area contributed by atoms with E-state index in [1.54, 1.807) is 17.1 Å². The molecule has 0 aliphatic heterocycles. The number of carbonyl (C=O) groups is 1. The number of nitrogens with one attached hydrogen (secondary N) is 1. The van der Waals surface area contributed by atoms with Gasteiger partial charge in [0.15, 0.2) is 5.78 Å². The lowest BCUT2D eigenvalue weighted by atomic mass is 10.1. The second-order valence-corrected chi connectivity index (χ2v) is 4.61. The van der Waals surface area contributed by atoms with Crippen molar-refractivity contribution in [1.29, 1.82) is 0 Å². The summed E-state index contributed by atoms with van der Waals surface area (Å²) >= 11 is 0. The largest absolute Gasteiger partial charge is 0.305 e. The monoisotopic (exact) mass is 209 g/mol. The van der Waals surface area contributed by atoms with E-state index in [2.05, 4.69) is 10.4 Å². The number of carbonyl (C=O) groups excluding carboxylic acids is 1. The fourth-order valence-electron chi connectivity index (χ4n) is 1.13. The van der Waals surface area contributed by atoms with E-state index in [1.165, 1.54) is 0 Å². The smallest absolute Gasteiger partial charge is 0.179 e. The van der Waals surface area contributed by atoms with Crippen LogP contribution in [0.4, 0.5) is 0 Å². The van der Waals surface area contributed by atoms with Gasteiger partial charge in [0, 0.05) is 18.3 Å². The maximum absolute atomic E-state index is 11.7. The van der Waals surface area contributed by atoms with E-state index in [4.69, 9.17) is 0 Å². The van der Waals surface area contributed by atoms with Crippen molar-refractivity contribution in [2.24, 2.45) is 0 Å². The number of hydrogen-bond donors (Lipinski definition) is 1. The van der Waals surface area contributed by atoms with Crippen LogP contribution in [0.15, 0.2) is 12.4 Å². The predicted octanol–water partition coefficient (Wildman–Crippen LogP) is 1.47. The summed E-state index contributed by atoms with van der Waals surface area (Å²) < 4.78 is 1.75. The Hall–Kier alpha value is -1.16. The van der Waals surface area contributed by atoms with Crippen molar-refractivity contribution in [2.75, 3.05) is 6.54 Å². The maximum Gasteiger partial charge on any atom is 0.179 e. The quantitative estimate of drug-likeness (QED) is 0.764. The Balaban J connectivity index is 2.54. The molecule has 0 aliphatic carbocycles. The zero-order valence-corrected chi connectivity index (χ0v) is 9.87. The molecule has 1 aromatic heterocycles. The molecule has 0 bridgehead atoms. The number of nitrogens with zero attached hydrogens (tertiary/aromatic N) is 2. The molecule has 1 heterocycles. The summed E-state index contributed by atoms with van der Waals surface area (Å²) in [5.41, 5.74) is 0.643. The van der Waals surface area contributed by atoms with Crippen LogP contribution in [0.25, 0.3) is 0 Å². The number of aromatic nitrogens is 2. The van der Waals surface area contributed by atoms with Crippen LogP contribution in [-0.2, 0) is 6.54 Å². The van der Waals surface area contributed by atoms with Crippen LogP contribution in [0, 0.1) is 0 Å². The highest BCUT2D eigenvalue weighted by atomic mass is 16.1. The third-order valence-electron chi connectivity index (χ3n) is 2.06. The number of aryl methyl sites for hydroxylation is 1. The number of rotatable bonds is 4. The SMILES string of the molecule is CCn1cc(C(=O)CNC(C)(C)C)cn1. The summed E-state index contributed by atoms with van der Waals surface area (Å²) in [7, 11) is 0. The average Bonchev–Trinajstić information content (AvgIpc) is 2.61. The van der Waals surface area contributed by atoms with E-state index in [-0.39, 0.29) is 11.3 Å². The third-order valence-corrected chi connectivity index (χ3v) is 2.06. The van der Waals surface area contributed by atoms with E-state index in [0.29, 0.717) is 12.1 Å². The van der Waals surface area contributed by atoms with E-state index in [9.17, 15) is 4.79 Å². The normalized spacial score (nSPS) is 11.7. The van der Waals surface area contributed by atoms with Crippen molar-refractivity contribution >= 4 is 5.78 Å². The second-order valence-electron chi connectivity index (χ2n) is 4.61. The summed E-state index contributed by atoms with van der Waals surface area (Å²) in [6.07, 6.45) is 3.41. The molecule has 0 saturated heterocycles. The third kappa shape index (κ3) is 3.83. The molecule has 0 fully saturated rings. The molecule has 0 aliphatic rings. The van der Waals surface area contributed by atoms with Crippen molar-refractivity contribution in [2.45, 2.75) is 39.8 Å². The van der Waals surface area contributed by atoms with Crippen molar-refractivity contribution in [3.05, 3.63) is 18.0 Å². The molecule has 0 unspecified atom stereocenters. The molecular formula is C11H19N3O. The van der Waals surface area contributed by atoms with Crippen LogP contribution in [0.2, 0.25) is 0 Å². The van der Waals surface area contributed by atoms with Gasteiger partial charge in [0.05, 0.1) is 18.3 Å². The number of ketones is 1. The molecule has 1 rings (SSSR count). The second kappa shape index (κ2) is 4.57. The van der Waals surface area contributed by atoms with Crippen molar-refractivity contribution in [1.82, 2.24) is 15.1 Å². The Kier molecular flexibility index (Phi) is 3.63. The lowest BCUT2D eigenvalue weighted by Gasteiger charge is -2.19. The number of Topliss-reactive ketones (excluding diaryl/α,β-unsaturated/α-hetero) is 1. The zero-order valence-electron chi connectivity index (χ0n) is 9.87. The van der Waals surface area contributed by atoms with Gasteiger partial charge in [0.2, 0.25) is 0 Å². The van der Waals surface area contributed by atoms with Gasteiger partial charge in [-0.3, -0.25) is 9.48 Å². The molecule has 4 nitrogen and oxygen atoms in total. The predicted molar refractivity (Wildman–Crippen MR) is 60.0 cm³/mol. The van der Waals surface area contributed by atoms with E-state index in [0.717, 1.165) is 6.54 Å². The van der Waals surface area contributed by atoms with E-state index >= 15 is 0 Å². The molecule has 0 spiro atoms. The summed E-state index contributed by atoms with van der Waals surface area (Å²) in [6, 6.07) is 0. The molecule has 0 radical (unpaired) electrons. The van der Waals surface area contributed by atoms with Crippen LogP contribution < -0.4 is 5.32 Å². The summed E-state index contributed by atoms with van der Waals surface area (Å²) in [6.45, 7) is 9.26. The zero-order chi connectivity index (χ0) is 11.5. The van der Waals surface area contributed by atoms with Gasteiger partial charge in [-0.1, -0.05) is 0 Å². The topological polar surface area (TPSA) is 46.9 Å². The Morgan fingerprint density at radius 1 is 1.53 bits per heavy atom. The van der Waals surface area contributed by atoms with E-state index < -0.39 is 0 Å². The van der Waals surface area contributed by atoms with Crippen LogP contribution in [0.1, 0.15) is 38.1 Å². The van der Waals surface area contributed by atoms with Gasteiger partial charge >= 0.3 is 0 Å². The van der Waals surface area contributed by atoms with Gasteiger partial charge in [-0.05, 0) is 27.7 Å². The highest BCUT2D eigenvalue weighted by Crippen LogP contribution is 2.02. The lowest BCUT2D eigenvalue weighted by Crippen LogP contribution is -2.39. The first kappa shape index (κ1) is 11.9. The van der Waals surface area contributed by atoms with Crippen molar-refractivity contribution < 1.29 is 4.79 Å². The summed E-state index contributed by atoms with van der Waals surface area (Å²) in [4.78, 5) is 11.7. The molecular weight excluding hydrogens is 190 g/mol. The van der Waals surface area contributed by atoms with Crippen LogP contribution >= 0.6 is 0 Å². The first-order valence-corrected chi connectivity index (χ1v) is 5.23. The average molecular weight is 209 g/mol.